The molecule has 0 atom stereocenters. The fraction of sp³-hybridized carbons (Fsp3) is 0. The molecule has 0 heterocycles. The van der Waals surface area contributed by atoms with Gasteiger partial charge in [0.15, 0.2) is 0 Å². The van der Waals surface area contributed by atoms with Gasteiger partial charge in [-0.1, -0.05) is 0 Å². The first-order valence-electron chi connectivity index (χ1n) is 1.59. The Morgan fingerprint density at radius 1 is 0.533 bits per heavy atom. The van der Waals surface area contributed by atoms with Gasteiger partial charge >= 0.3 is 65.4 Å². The van der Waals surface area contributed by atoms with E-state index in [-0.39, 0.29) is 21.1 Å². The van der Waals surface area contributed by atoms with Crippen LogP contribution in [-0.2, 0) is 44.3 Å². The molecular formula is C5HF3O5PW+. The SMILES string of the molecule is F[PH+](F)F.[C-]#[O+].[C-]#[O+].[C-]#[O+].[C-]#[O+].[C-]#[O+].[W]. The Bertz CT molecular complexity index is 117. The normalized spacial score (nSPS) is 3.07. The standard InChI is InChI=1S/5CO.F3HP.W/c5*1-2;1-4(2)3;/h;;;;;4H;/q;;;;;+1;. The van der Waals surface area contributed by atoms with Crippen LogP contribution >= 0.6 is 8.85 Å². The molecule has 5 nitrogen and oxygen atoms in total. The molecule has 0 saturated heterocycles. The topological polar surface area (TPSA) is 99.5 Å². The van der Waals surface area contributed by atoms with Gasteiger partial charge in [0, 0.05) is 33.7 Å². The van der Waals surface area contributed by atoms with E-state index in [4.69, 9.17) is 23.3 Å². The predicted octanol–water partition coefficient (Wildman–Crippen LogP) is 1.66. The van der Waals surface area contributed by atoms with Crippen LogP contribution in [0.1, 0.15) is 0 Å². The first-order chi connectivity index (χ1) is 6.73. The summed E-state index contributed by atoms with van der Waals surface area (Å²) in [7, 11) is -4.38. The van der Waals surface area contributed by atoms with Crippen LogP contribution in [0.5, 0.6) is 0 Å². The van der Waals surface area contributed by atoms with Gasteiger partial charge < -0.3 is 0 Å². The van der Waals surface area contributed by atoms with Crippen molar-refractivity contribution in [3.8, 4) is 0 Å². The van der Waals surface area contributed by atoms with Crippen molar-refractivity contribution >= 4 is 8.85 Å². The zero-order valence-electron chi connectivity index (χ0n) is 6.58. The van der Waals surface area contributed by atoms with Crippen molar-refractivity contribution in [2.24, 2.45) is 0 Å². The molecule has 0 fully saturated rings. The molecule has 15 heavy (non-hydrogen) atoms. The van der Waals surface area contributed by atoms with Crippen molar-refractivity contribution in [1.29, 1.82) is 0 Å². The molecule has 0 radical (unpaired) electrons. The molecular weight excluding hydrogens is 412 g/mol. The summed E-state index contributed by atoms with van der Waals surface area (Å²) in [5.41, 5.74) is 0. The van der Waals surface area contributed by atoms with Gasteiger partial charge in [0.1, 0.15) is 0 Å². The third-order valence-electron chi connectivity index (χ3n) is 0. The van der Waals surface area contributed by atoms with Gasteiger partial charge in [0.25, 0.3) is 0 Å². The molecule has 0 bridgehead atoms. The van der Waals surface area contributed by atoms with E-state index in [0.717, 1.165) is 0 Å². The molecule has 0 aromatic rings. The Kier molecular flexibility index (Phi) is 991. The summed E-state index contributed by atoms with van der Waals surface area (Å²) >= 11 is 0. The van der Waals surface area contributed by atoms with E-state index in [1.165, 1.54) is 0 Å². The number of hydrogen-bond acceptors (Lipinski definition) is 0. The summed E-state index contributed by atoms with van der Waals surface area (Å²) in [4.78, 5) is 0. The molecule has 82 valence electrons. The molecule has 0 aliphatic carbocycles. The number of halogens is 3. The average Bonchev–Trinajstić information content (AvgIpc) is 2.30. The minimum absolute atomic E-state index is 0. The van der Waals surface area contributed by atoms with Gasteiger partial charge in [-0.15, -0.1) is 0 Å². The molecule has 0 aliphatic rings. The van der Waals surface area contributed by atoms with Crippen LogP contribution in [0.15, 0.2) is 0 Å². The Morgan fingerprint density at radius 2 is 0.533 bits per heavy atom. The third-order valence-corrected chi connectivity index (χ3v) is 0. The largest absolute Gasteiger partial charge is 0 e. The third kappa shape index (κ3) is 12000. The van der Waals surface area contributed by atoms with Crippen LogP contribution in [0.3, 0.4) is 0 Å². The van der Waals surface area contributed by atoms with Crippen molar-refractivity contribution in [2.45, 2.75) is 0 Å². The van der Waals surface area contributed by atoms with Gasteiger partial charge in [-0.3, -0.25) is 0 Å². The Labute approximate surface area is 99.4 Å². The van der Waals surface area contributed by atoms with Gasteiger partial charge in [-0.2, -0.15) is 0 Å². The van der Waals surface area contributed by atoms with Crippen LogP contribution in [0.2, 0.25) is 0 Å². The molecule has 0 amide bonds. The fourth-order valence-corrected chi connectivity index (χ4v) is 0. The zero-order valence-corrected chi connectivity index (χ0v) is 10.5. The second kappa shape index (κ2) is 318. The quantitative estimate of drug-likeness (QED) is 0.328. The summed E-state index contributed by atoms with van der Waals surface area (Å²) in [6.07, 6.45) is 0. The molecule has 0 unspecified atom stereocenters. The summed E-state index contributed by atoms with van der Waals surface area (Å²) in [6.45, 7) is 22.5. The van der Waals surface area contributed by atoms with Gasteiger partial charge in [0.2, 0.25) is 0 Å². The van der Waals surface area contributed by atoms with E-state index in [0.29, 0.717) is 0 Å². The Hall–Kier alpha value is -0.392. The smallest absolute Gasteiger partial charge is 0 e. The maximum Gasteiger partial charge on any atom is 0 e. The summed E-state index contributed by atoms with van der Waals surface area (Å²) in [5, 5.41) is 0. The molecule has 0 saturated carbocycles. The van der Waals surface area contributed by atoms with Crippen LogP contribution in [0.4, 0.5) is 12.6 Å². The van der Waals surface area contributed by atoms with E-state index in [1.807, 2.05) is 0 Å². The number of rotatable bonds is 0. The Balaban J connectivity index is -0.0000000105. The van der Waals surface area contributed by atoms with Crippen molar-refractivity contribution in [2.75, 3.05) is 0 Å². The summed E-state index contributed by atoms with van der Waals surface area (Å²) < 4.78 is 66.8. The second-order valence-electron chi connectivity index (χ2n) is 0.214. The monoisotopic (exact) mass is 413 g/mol. The molecule has 0 spiro atoms. The van der Waals surface area contributed by atoms with Gasteiger partial charge in [0.05, 0.1) is 0 Å². The predicted molar refractivity (Wildman–Crippen MR) is 31.3 cm³/mol. The fourth-order valence-electron chi connectivity index (χ4n) is 0. The summed E-state index contributed by atoms with van der Waals surface area (Å²) in [5.74, 6) is 0. The summed E-state index contributed by atoms with van der Waals surface area (Å²) in [6, 6.07) is 0. The van der Waals surface area contributed by atoms with E-state index < -0.39 is 8.85 Å². The number of hydrogen-bond donors (Lipinski definition) is 0. The van der Waals surface area contributed by atoms with Crippen LogP contribution in [-0.4, -0.2) is 0 Å². The average molecular weight is 413 g/mol. The van der Waals surface area contributed by atoms with E-state index in [9.17, 15) is 12.6 Å². The van der Waals surface area contributed by atoms with Crippen molar-refractivity contribution in [3.63, 3.8) is 0 Å². The van der Waals surface area contributed by atoms with E-state index in [2.05, 4.69) is 33.3 Å². The molecule has 10 heteroatoms. The van der Waals surface area contributed by atoms with E-state index in [1.54, 1.807) is 0 Å². The maximum absolute atomic E-state index is 9.77. The van der Waals surface area contributed by atoms with Crippen LogP contribution in [0.25, 0.3) is 0 Å². The molecule has 0 aliphatic heterocycles. The molecule has 0 aromatic heterocycles. The van der Waals surface area contributed by atoms with E-state index >= 15 is 0 Å². The van der Waals surface area contributed by atoms with Crippen molar-refractivity contribution < 1.29 is 56.9 Å². The minimum Gasteiger partial charge on any atom is 0 e. The zero-order chi connectivity index (χ0) is 13.6. The van der Waals surface area contributed by atoms with Gasteiger partial charge in [-0.25, -0.2) is 0 Å². The Morgan fingerprint density at radius 3 is 0.533 bits per heavy atom. The van der Waals surface area contributed by atoms with Crippen LogP contribution < -0.4 is 0 Å². The maximum atomic E-state index is 9.77. The van der Waals surface area contributed by atoms with Crippen molar-refractivity contribution in [3.05, 3.63) is 33.3 Å². The van der Waals surface area contributed by atoms with Gasteiger partial charge in [-0.05, 0) is 0 Å². The molecule has 0 rings (SSSR count). The molecule has 0 N–H and O–H groups in total. The minimum atomic E-state index is -4.38. The van der Waals surface area contributed by atoms with Crippen LogP contribution in [0, 0.1) is 33.3 Å². The molecule has 0 aromatic carbocycles. The first kappa shape index (κ1) is 46.7. The van der Waals surface area contributed by atoms with Crippen molar-refractivity contribution in [1.82, 2.24) is 0 Å². The second-order valence-corrected chi connectivity index (χ2v) is 0.643. The first-order valence-corrected chi connectivity index (χ1v) is 2.72.